The first-order chi connectivity index (χ1) is 18.0. The van der Waals surface area contributed by atoms with Crippen molar-refractivity contribution < 1.29 is 14.0 Å². The number of hydrogen-bond donors (Lipinski definition) is 0. The molecule has 0 bridgehead atoms. The van der Waals surface area contributed by atoms with Gasteiger partial charge in [-0.2, -0.15) is 0 Å². The van der Waals surface area contributed by atoms with E-state index in [4.69, 9.17) is 9.16 Å². The van der Waals surface area contributed by atoms with Crippen molar-refractivity contribution in [2.75, 3.05) is 24.6 Å². The molecule has 0 fully saturated rings. The molecule has 5 heteroatoms. The number of benzene rings is 3. The van der Waals surface area contributed by atoms with Gasteiger partial charge in [0.15, 0.2) is 0 Å². The zero-order valence-corrected chi connectivity index (χ0v) is 24.7. The van der Waals surface area contributed by atoms with E-state index in [1.165, 1.54) is 15.9 Å². The first-order valence-corrected chi connectivity index (χ1v) is 15.4. The van der Waals surface area contributed by atoms with E-state index in [-0.39, 0.29) is 11.0 Å². The van der Waals surface area contributed by atoms with Crippen LogP contribution in [0.5, 0.6) is 0 Å². The van der Waals surface area contributed by atoms with Crippen molar-refractivity contribution in [3.63, 3.8) is 0 Å². The van der Waals surface area contributed by atoms with Gasteiger partial charge in [-0.1, -0.05) is 87.5 Å². The number of rotatable bonds is 7. The van der Waals surface area contributed by atoms with Gasteiger partial charge in [0.1, 0.15) is 5.60 Å². The summed E-state index contributed by atoms with van der Waals surface area (Å²) in [5.41, 5.74) is 2.54. The molecule has 200 valence electrons. The maximum Gasteiger partial charge on any atom is 0.338 e. The third-order valence-corrected chi connectivity index (χ3v) is 12.0. The lowest BCUT2D eigenvalue weighted by molar-refractivity contribution is 0.00695. The van der Waals surface area contributed by atoms with E-state index in [9.17, 15) is 4.79 Å². The van der Waals surface area contributed by atoms with Gasteiger partial charge in [0.05, 0.1) is 12.2 Å². The van der Waals surface area contributed by atoms with Crippen molar-refractivity contribution in [1.82, 2.24) is 0 Å². The lowest BCUT2D eigenvalue weighted by Gasteiger charge is -2.43. The summed E-state index contributed by atoms with van der Waals surface area (Å²) >= 11 is 0. The predicted octanol–water partition coefficient (Wildman–Crippen LogP) is 6.36. The molecular formula is C33H41NO3Si. The van der Waals surface area contributed by atoms with Crippen LogP contribution in [0.4, 0.5) is 5.69 Å². The fourth-order valence-corrected chi connectivity index (χ4v) is 9.74. The molecule has 0 atom stereocenters. The number of ether oxygens (including phenoxy) is 1. The van der Waals surface area contributed by atoms with Gasteiger partial charge in [0.25, 0.3) is 8.32 Å². The summed E-state index contributed by atoms with van der Waals surface area (Å²) in [7, 11) is -2.55. The summed E-state index contributed by atoms with van der Waals surface area (Å²) in [6.45, 7) is 15.0. The summed E-state index contributed by atoms with van der Waals surface area (Å²) in [6.07, 6.45) is 3.26. The molecule has 4 nitrogen and oxygen atoms in total. The third kappa shape index (κ3) is 6.28. The van der Waals surface area contributed by atoms with Gasteiger partial charge >= 0.3 is 5.97 Å². The largest absolute Gasteiger partial charge is 0.456 e. The molecule has 38 heavy (non-hydrogen) atoms. The van der Waals surface area contributed by atoms with Crippen LogP contribution in [0, 0.1) is 0 Å². The van der Waals surface area contributed by atoms with Crippen molar-refractivity contribution in [1.29, 1.82) is 0 Å². The molecular weight excluding hydrogens is 486 g/mol. The maximum absolute atomic E-state index is 12.4. The second-order valence-corrected chi connectivity index (χ2v) is 16.4. The van der Waals surface area contributed by atoms with Crippen LogP contribution in [-0.4, -0.2) is 39.6 Å². The fraction of sp³-hybridized carbons (Fsp3) is 0.364. The highest BCUT2D eigenvalue weighted by Gasteiger charge is 2.50. The molecule has 1 aliphatic rings. The predicted molar refractivity (Wildman–Crippen MR) is 160 cm³/mol. The average Bonchev–Trinajstić information content (AvgIpc) is 2.89. The number of carbonyl (C=O) groups is 1. The molecule has 0 saturated carbocycles. The smallest absolute Gasteiger partial charge is 0.338 e. The molecule has 0 aliphatic carbocycles. The Balaban J connectivity index is 1.49. The summed E-state index contributed by atoms with van der Waals surface area (Å²) < 4.78 is 12.6. The first kappa shape index (κ1) is 27.9. The molecule has 1 heterocycles. The minimum atomic E-state index is -2.55. The van der Waals surface area contributed by atoms with Crippen LogP contribution < -0.4 is 15.3 Å². The molecule has 0 radical (unpaired) electrons. The van der Waals surface area contributed by atoms with Gasteiger partial charge in [-0.3, -0.25) is 0 Å². The number of anilines is 1. The van der Waals surface area contributed by atoms with Gasteiger partial charge in [-0.25, -0.2) is 4.79 Å². The number of nitrogens with zero attached hydrogens (tertiary/aromatic N) is 1. The monoisotopic (exact) mass is 527 g/mol. The van der Waals surface area contributed by atoms with E-state index in [1.54, 1.807) is 0 Å². The molecule has 0 spiro atoms. The Hall–Kier alpha value is -3.15. The van der Waals surface area contributed by atoms with E-state index in [1.807, 2.05) is 45.0 Å². The zero-order valence-electron chi connectivity index (χ0n) is 23.7. The number of carbonyl (C=O) groups excluding carboxylic acids is 1. The van der Waals surface area contributed by atoms with E-state index >= 15 is 0 Å². The Bertz CT molecular complexity index is 1200. The van der Waals surface area contributed by atoms with Crippen molar-refractivity contribution in [3.8, 4) is 0 Å². The molecule has 0 aromatic heterocycles. The molecule has 3 aromatic carbocycles. The summed E-state index contributed by atoms with van der Waals surface area (Å²) in [5.74, 6) is -0.287. The van der Waals surface area contributed by atoms with Crippen molar-refractivity contribution >= 4 is 30.3 Å². The van der Waals surface area contributed by atoms with E-state index in [0.29, 0.717) is 12.2 Å². The molecule has 0 saturated heterocycles. The lowest BCUT2D eigenvalue weighted by atomic mass is 10.1. The topological polar surface area (TPSA) is 38.8 Å². The molecule has 0 N–H and O–H groups in total. The SMILES string of the molecule is CC(C)(C)OC(=O)c1ccc(N2CC=C(CO[Si](c3ccccc3)(c3ccccc3)C(C)(C)C)CC2)cc1. The van der Waals surface area contributed by atoms with Gasteiger partial charge in [0.2, 0.25) is 0 Å². The highest BCUT2D eigenvalue weighted by Crippen LogP contribution is 2.37. The number of esters is 1. The third-order valence-electron chi connectivity index (χ3n) is 7.06. The normalized spacial score (nSPS) is 14.7. The van der Waals surface area contributed by atoms with E-state index < -0.39 is 13.9 Å². The fourth-order valence-electron chi connectivity index (χ4n) is 5.18. The van der Waals surface area contributed by atoms with Gasteiger partial charge < -0.3 is 14.1 Å². The Morgan fingerprint density at radius 3 is 1.82 bits per heavy atom. The van der Waals surface area contributed by atoms with Crippen LogP contribution in [-0.2, 0) is 9.16 Å². The Morgan fingerprint density at radius 1 is 0.816 bits per heavy atom. The minimum Gasteiger partial charge on any atom is -0.456 e. The van der Waals surface area contributed by atoms with Gasteiger partial charge in [-0.15, -0.1) is 0 Å². The van der Waals surface area contributed by atoms with Crippen molar-refractivity contribution in [3.05, 3.63) is 102 Å². The minimum absolute atomic E-state index is 0.0349. The molecule has 0 amide bonds. The van der Waals surface area contributed by atoms with Crippen LogP contribution in [0.1, 0.15) is 58.3 Å². The molecule has 1 aliphatic heterocycles. The summed E-state index contributed by atoms with van der Waals surface area (Å²) in [4.78, 5) is 14.7. The summed E-state index contributed by atoms with van der Waals surface area (Å²) in [5, 5.41) is 2.58. The standard InChI is InChI=1S/C33H41NO3Si/c1-32(2,3)37-31(35)27-17-19-28(20-18-27)34-23-21-26(22-24-34)25-36-38(33(4,5)6,29-13-9-7-10-14-29)30-15-11-8-12-16-30/h7-21H,22-25H2,1-6H3. The average molecular weight is 528 g/mol. The summed E-state index contributed by atoms with van der Waals surface area (Å²) in [6, 6.07) is 29.3. The quantitative estimate of drug-likeness (QED) is 0.204. The molecule has 0 unspecified atom stereocenters. The maximum atomic E-state index is 12.4. The van der Waals surface area contributed by atoms with Crippen LogP contribution in [0.2, 0.25) is 5.04 Å². The first-order valence-electron chi connectivity index (χ1n) is 13.5. The Kier molecular flexibility index (Phi) is 8.29. The van der Waals surface area contributed by atoms with Crippen LogP contribution in [0.3, 0.4) is 0 Å². The van der Waals surface area contributed by atoms with Crippen molar-refractivity contribution in [2.24, 2.45) is 0 Å². The zero-order chi connectivity index (χ0) is 27.4. The Labute approximate surface area is 229 Å². The second kappa shape index (κ2) is 11.3. The van der Waals surface area contributed by atoms with E-state index in [0.717, 1.165) is 25.2 Å². The van der Waals surface area contributed by atoms with Gasteiger partial charge in [0, 0.05) is 18.8 Å². The Morgan fingerprint density at radius 2 is 1.37 bits per heavy atom. The van der Waals surface area contributed by atoms with Crippen LogP contribution >= 0.6 is 0 Å². The second-order valence-electron chi connectivity index (χ2n) is 12.1. The molecule has 4 rings (SSSR count). The van der Waals surface area contributed by atoms with Gasteiger partial charge in [-0.05, 0) is 72.4 Å². The van der Waals surface area contributed by atoms with Crippen LogP contribution in [0.25, 0.3) is 0 Å². The highest BCUT2D eigenvalue weighted by atomic mass is 28.4. The van der Waals surface area contributed by atoms with Crippen LogP contribution in [0.15, 0.2) is 96.6 Å². The lowest BCUT2D eigenvalue weighted by Crippen LogP contribution is -2.66. The highest BCUT2D eigenvalue weighted by molar-refractivity contribution is 6.99. The van der Waals surface area contributed by atoms with E-state index in [2.05, 4.69) is 92.4 Å². The number of hydrogen-bond acceptors (Lipinski definition) is 4. The van der Waals surface area contributed by atoms with Crippen molar-refractivity contribution in [2.45, 2.75) is 58.6 Å². The molecule has 3 aromatic rings.